The van der Waals surface area contributed by atoms with Gasteiger partial charge in [-0.25, -0.2) is 9.69 Å². The molecule has 0 aromatic heterocycles. The molecule has 3 rings (SSSR count). The van der Waals surface area contributed by atoms with Gasteiger partial charge in [0.15, 0.2) is 5.71 Å². The summed E-state index contributed by atoms with van der Waals surface area (Å²) < 4.78 is 5.39. The minimum Gasteiger partial charge on any atom is -0.464 e. The average Bonchev–Trinajstić information content (AvgIpc) is 3.03. The zero-order valence-corrected chi connectivity index (χ0v) is 13.1. The molecule has 0 aliphatic carbocycles. The lowest BCUT2D eigenvalue weighted by Gasteiger charge is -2.19. The van der Waals surface area contributed by atoms with Gasteiger partial charge in [0.25, 0.3) is 5.91 Å². The van der Waals surface area contributed by atoms with Crippen molar-refractivity contribution in [2.75, 3.05) is 12.0 Å². The first kappa shape index (κ1) is 14.7. The largest absolute Gasteiger partial charge is 0.464 e. The lowest BCUT2D eigenvalue weighted by atomic mass is 9.95. The van der Waals surface area contributed by atoms with Crippen molar-refractivity contribution in [2.24, 2.45) is 5.16 Å². The number of carbonyl (C=O) groups is 3. The van der Waals surface area contributed by atoms with Gasteiger partial charge >= 0.3 is 5.97 Å². The third-order valence-electron chi connectivity index (χ3n) is 3.57. The van der Waals surface area contributed by atoms with Gasteiger partial charge in [-0.1, -0.05) is 21.1 Å². The van der Waals surface area contributed by atoms with Crippen LogP contribution in [-0.2, 0) is 24.0 Å². The number of hydrogen-bond donors (Lipinski definition) is 0. The molecule has 0 N–H and O–H groups in total. The van der Waals surface area contributed by atoms with Gasteiger partial charge in [-0.15, -0.1) is 0 Å². The SMILES string of the molecule is COC(=O)C1=NOC2(CC(=O)N(c3ccc(Br)cc3)C2=O)C1. The topological polar surface area (TPSA) is 85.3 Å². The summed E-state index contributed by atoms with van der Waals surface area (Å²) in [6, 6.07) is 6.76. The number of oxime groups is 1. The van der Waals surface area contributed by atoms with E-state index in [0.29, 0.717) is 5.69 Å². The van der Waals surface area contributed by atoms with Gasteiger partial charge in [-0.3, -0.25) is 9.59 Å². The van der Waals surface area contributed by atoms with E-state index in [1.165, 1.54) is 7.11 Å². The van der Waals surface area contributed by atoms with Crippen molar-refractivity contribution in [3.63, 3.8) is 0 Å². The fourth-order valence-corrected chi connectivity index (χ4v) is 2.75. The van der Waals surface area contributed by atoms with Crippen LogP contribution in [0, 0.1) is 0 Å². The Bertz CT molecular complexity index is 700. The van der Waals surface area contributed by atoms with E-state index in [1.807, 2.05) is 0 Å². The molecule has 2 aliphatic heterocycles. The highest BCUT2D eigenvalue weighted by molar-refractivity contribution is 9.10. The van der Waals surface area contributed by atoms with Gasteiger partial charge in [0, 0.05) is 4.47 Å². The number of anilines is 1. The Morgan fingerprint density at radius 3 is 2.64 bits per heavy atom. The maximum Gasteiger partial charge on any atom is 0.356 e. The molecule has 1 spiro atoms. The summed E-state index contributed by atoms with van der Waals surface area (Å²) in [5.41, 5.74) is -0.986. The van der Waals surface area contributed by atoms with E-state index >= 15 is 0 Å². The van der Waals surface area contributed by atoms with E-state index in [2.05, 4.69) is 25.8 Å². The van der Waals surface area contributed by atoms with Crippen molar-refractivity contribution in [1.29, 1.82) is 0 Å². The summed E-state index contributed by atoms with van der Waals surface area (Å²) in [5, 5.41) is 3.60. The molecule has 2 heterocycles. The monoisotopic (exact) mass is 366 g/mol. The molecule has 2 aliphatic rings. The van der Waals surface area contributed by atoms with E-state index in [0.717, 1.165) is 9.37 Å². The number of carbonyl (C=O) groups excluding carboxylic acids is 3. The predicted molar refractivity (Wildman–Crippen MR) is 79.1 cm³/mol. The molecule has 7 nitrogen and oxygen atoms in total. The Kier molecular flexibility index (Phi) is 3.48. The van der Waals surface area contributed by atoms with E-state index in [4.69, 9.17) is 4.84 Å². The Labute approximate surface area is 134 Å². The van der Waals surface area contributed by atoms with Gasteiger partial charge in [0.05, 0.1) is 25.6 Å². The number of rotatable bonds is 2. The number of imide groups is 1. The number of amides is 2. The molecule has 0 radical (unpaired) electrons. The Morgan fingerprint density at radius 2 is 2.00 bits per heavy atom. The highest BCUT2D eigenvalue weighted by Crippen LogP contribution is 2.38. The highest BCUT2D eigenvalue weighted by Gasteiger charge is 2.58. The number of benzene rings is 1. The van der Waals surface area contributed by atoms with Crippen molar-refractivity contribution in [1.82, 2.24) is 0 Å². The first-order valence-electron chi connectivity index (χ1n) is 6.43. The zero-order chi connectivity index (χ0) is 15.9. The van der Waals surface area contributed by atoms with Gasteiger partial charge in [-0.05, 0) is 24.3 Å². The van der Waals surface area contributed by atoms with Crippen LogP contribution in [0.5, 0.6) is 0 Å². The van der Waals surface area contributed by atoms with E-state index < -0.39 is 23.4 Å². The van der Waals surface area contributed by atoms with Crippen LogP contribution >= 0.6 is 15.9 Å². The summed E-state index contributed by atoms with van der Waals surface area (Å²) in [4.78, 5) is 42.6. The summed E-state index contributed by atoms with van der Waals surface area (Å²) >= 11 is 3.29. The molecule has 114 valence electrons. The number of methoxy groups -OCH3 is 1. The second-order valence-electron chi connectivity index (χ2n) is 4.98. The third kappa shape index (κ3) is 2.19. The van der Waals surface area contributed by atoms with Crippen LogP contribution in [0.2, 0.25) is 0 Å². The second kappa shape index (κ2) is 5.20. The molecule has 1 aromatic rings. The lowest BCUT2D eigenvalue weighted by Crippen LogP contribution is -2.41. The van der Waals surface area contributed by atoms with Crippen LogP contribution in [0.4, 0.5) is 5.69 Å². The molecular weight excluding hydrogens is 356 g/mol. The number of halogens is 1. The zero-order valence-electron chi connectivity index (χ0n) is 11.5. The van der Waals surface area contributed by atoms with Crippen molar-refractivity contribution in [3.05, 3.63) is 28.7 Å². The maximum absolute atomic E-state index is 12.6. The van der Waals surface area contributed by atoms with Crippen LogP contribution in [0.15, 0.2) is 33.9 Å². The number of esters is 1. The minimum atomic E-state index is -1.44. The maximum atomic E-state index is 12.6. The molecule has 1 atom stereocenters. The van der Waals surface area contributed by atoms with Crippen LogP contribution in [0.3, 0.4) is 0 Å². The second-order valence-corrected chi connectivity index (χ2v) is 5.90. The molecule has 1 saturated heterocycles. The van der Waals surface area contributed by atoms with Gasteiger partial charge in [0.1, 0.15) is 0 Å². The quantitative estimate of drug-likeness (QED) is 0.583. The molecule has 1 unspecified atom stereocenters. The highest BCUT2D eigenvalue weighted by atomic mass is 79.9. The molecule has 22 heavy (non-hydrogen) atoms. The first-order valence-corrected chi connectivity index (χ1v) is 7.22. The van der Waals surface area contributed by atoms with E-state index in [-0.39, 0.29) is 18.6 Å². The van der Waals surface area contributed by atoms with Crippen molar-refractivity contribution >= 4 is 45.1 Å². The first-order chi connectivity index (χ1) is 10.5. The van der Waals surface area contributed by atoms with Crippen LogP contribution < -0.4 is 4.90 Å². The molecule has 2 amide bonds. The van der Waals surface area contributed by atoms with E-state index in [1.54, 1.807) is 24.3 Å². The van der Waals surface area contributed by atoms with Gasteiger partial charge in [0.2, 0.25) is 11.5 Å². The third-order valence-corrected chi connectivity index (χ3v) is 4.10. The molecule has 8 heteroatoms. The Balaban J connectivity index is 1.87. The fraction of sp³-hybridized carbons (Fsp3) is 0.286. The van der Waals surface area contributed by atoms with Crippen molar-refractivity contribution in [2.45, 2.75) is 18.4 Å². The molecule has 1 aromatic carbocycles. The Hall–Kier alpha value is -2.22. The van der Waals surface area contributed by atoms with Crippen molar-refractivity contribution < 1.29 is 24.0 Å². The fourth-order valence-electron chi connectivity index (χ4n) is 2.48. The number of ether oxygens (including phenoxy) is 1. The lowest BCUT2D eigenvalue weighted by molar-refractivity contribution is -0.136. The summed E-state index contributed by atoms with van der Waals surface area (Å²) in [6.45, 7) is 0. The van der Waals surface area contributed by atoms with Crippen LogP contribution in [0.25, 0.3) is 0 Å². The molecule has 0 saturated carbocycles. The number of nitrogens with zero attached hydrogens (tertiary/aromatic N) is 2. The normalized spacial score (nSPS) is 23.7. The minimum absolute atomic E-state index is 0.00121. The summed E-state index contributed by atoms with van der Waals surface area (Å²) in [6.07, 6.45) is -0.233. The van der Waals surface area contributed by atoms with Crippen LogP contribution in [0.1, 0.15) is 12.8 Å². The predicted octanol–water partition coefficient (Wildman–Crippen LogP) is 1.40. The molecule has 1 fully saturated rings. The van der Waals surface area contributed by atoms with Gasteiger partial charge < -0.3 is 9.57 Å². The standard InChI is InChI=1S/C14H11BrN2O5/c1-21-12(19)10-6-14(22-16-10)7-11(18)17(13(14)20)9-4-2-8(15)3-5-9/h2-5H,6-7H2,1H3. The summed E-state index contributed by atoms with van der Waals surface area (Å²) in [7, 11) is 1.21. The average molecular weight is 367 g/mol. The van der Waals surface area contributed by atoms with Crippen LogP contribution in [-0.4, -0.2) is 36.2 Å². The van der Waals surface area contributed by atoms with Gasteiger partial charge in [-0.2, -0.15) is 0 Å². The number of hydrogen-bond acceptors (Lipinski definition) is 6. The smallest absolute Gasteiger partial charge is 0.356 e. The summed E-state index contributed by atoms with van der Waals surface area (Å²) in [5.74, 6) is -1.59. The molecule has 0 bridgehead atoms. The Morgan fingerprint density at radius 1 is 1.32 bits per heavy atom. The van der Waals surface area contributed by atoms with Crippen molar-refractivity contribution in [3.8, 4) is 0 Å². The van der Waals surface area contributed by atoms with E-state index in [9.17, 15) is 14.4 Å². The molecular formula is C14H11BrN2O5.